The number of carbonyl (C=O) groups excluding carboxylic acids is 1. The van der Waals surface area contributed by atoms with E-state index >= 15 is 0 Å². The summed E-state index contributed by atoms with van der Waals surface area (Å²) in [5.74, 6) is -0.322. The van der Waals surface area contributed by atoms with Gasteiger partial charge in [-0.1, -0.05) is 12.1 Å². The van der Waals surface area contributed by atoms with Gasteiger partial charge in [0.05, 0.1) is 22.9 Å². The van der Waals surface area contributed by atoms with E-state index < -0.39 is 0 Å². The SMILES string of the molecule is CC1=C(c2ccc(C#N)cc2)C(=O)N=N1. The topological polar surface area (TPSA) is 65.6 Å². The van der Waals surface area contributed by atoms with Crippen LogP contribution in [0.1, 0.15) is 18.1 Å². The van der Waals surface area contributed by atoms with Gasteiger partial charge in [-0.05, 0) is 24.6 Å². The maximum absolute atomic E-state index is 11.4. The summed E-state index contributed by atoms with van der Waals surface area (Å²) in [6.45, 7) is 1.74. The standard InChI is InChI=1S/C11H7N3O/c1-7-10(11(15)14-13-7)9-4-2-8(6-12)3-5-9/h2-5H,1H3. The second-order valence-electron chi connectivity index (χ2n) is 3.15. The van der Waals surface area contributed by atoms with Crippen LogP contribution in [0.3, 0.4) is 0 Å². The lowest BCUT2D eigenvalue weighted by Crippen LogP contribution is -1.95. The zero-order valence-electron chi connectivity index (χ0n) is 8.06. The number of nitrogens with zero attached hydrogens (tertiary/aromatic N) is 3. The smallest absolute Gasteiger partial charge is 0.265 e. The molecule has 0 bridgehead atoms. The quantitative estimate of drug-likeness (QED) is 0.693. The van der Waals surface area contributed by atoms with Crippen LogP contribution in [0.5, 0.6) is 0 Å². The van der Waals surface area contributed by atoms with Crippen molar-refractivity contribution >= 4 is 11.5 Å². The summed E-state index contributed by atoms with van der Waals surface area (Å²) >= 11 is 0. The van der Waals surface area contributed by atoms with Crippen LogP contribution < -0.4 is 0 Å². The zero-order chi connectivity index (χ0) is 10.8. The summed E-state index contributed by atoms with van der Waals surface area (Å²) in [7, 11) is 0. The first-order chi connectivity index (χ1) is 7.22. The van der Waals surface area contributed by atoms with Crippen molar-refractivity contribution in [1.29, 1.82) is 5.26 Å². The van der Waals surface area contributed by atoms with E-state index in [4.69, 9.17) is 5.26 Å². The van der Waals surface area contributed by atoms with Crippen LogP contribution >= 0.6 is 0 Å². The van der Waals surface area contributed by atoms with Crippen LogP contribution in [0, 0.1) is 11.3 Å². The molecule has 0 fully saturated rings. The van der Waals surface area contributed by atoms with E-state index in [9.17, 15) is 4.79 Å². The Kier molecular flexibility index (Phi) is 2.14. The molecule has 1 aliphatic heterocycles. The summed E-state index contributed by atoms with van der Waals surface area (Å²) in [6, 6.07) is 8.81. The van der Waals surface area contributed by atoms with Gasteiger partial charge in [-0.25, -0.2) is 0 Å². The van der Waals surface area contributed by atoms with Gasteiger partial charge in [0.25, 0.3) is 5.91 Å². The van der Waals surface area contributed by atoms with Crippen LogP contribution in [0.25, 0.3) is 5.57 Å². The minimum Gasteiger partial charge on any atom is -0.265 e. The molecule has 1 aromatic carbocycles. The lowest BCUT2D eigenvalue weighted by atomic mass is 10.0. The maximum Gasteiger partial charge on any atom is 0.297 e. The molecule has 72 valence electrons. The fourth-order valence-electron chi connectivity index (χ4n) is 1.42. The molecule has 1 aromatic rings. The summed E-state index contributed by atoms with van der Waals surface area (Å²) < 4.78 is 0. The van der Waals surface area contributed by atoms with Crippen molar-refractivity contribution in [3.05, 3.63) is 41.1 Å². The Balaban J connectivity index is 2.44. The van der Waals surface area contributed by atoms with Gasteiger partial charge < -0.3 is 0 Å². The highest BCUT2D eigenvalue weighted by molar-refractivity contribution is 6.21. The number of hydrogen-bond acceptors (Lipinski definition) is 3. The van der Waals surface area contributed by atoms with E-state index in [1.54, 1.807) is 31.2 Å². The third-order valence-electron chi connectivity index (χ3n) is 2.17. The molecular weight excluding hydrogens is 190 g/mol. The van der Waals surface area contributed by atoms with Crippen molar-refractivity contribution in [3.8, 4) is 6.07 Å². The Hall–Kier alpha value is -2.28. The predicted octanol–water partition coefficient (Wildman–Crippen LogP) is 2.28. The highest BCUT2D eigenvalue weighted by atomic mass is 16.2. The molecule has 4 heteroatoms. The molecule has 4 nitrogen and oxygen atoms in total. The third kappa shape index (κ3) is 1.55. The minimum absolute atomic E-state index is 0.322. The molecule has 0 unspecified atom stereocenters. The largest absolute Gasteiger partial charge is 0.297 e. The Labute approximate surface area is 86.6 Å². The number of amides is 1. The molecule has 0 saturated heterocycles. The van der Waals surface area contributed by atoms with Crippen molar-refractivity contribution in [3.63, 3.8) is 0 Å². The summed E-state index contributed by atoms with van der Waals surface area (Å²) in [5, 5.41) is 15.8. The van der Waals surface area contributed by atoms with Crippen molar-refractivity contribution < 1.29 is 4.79 Å². The van der Waals surface area contributed by atoms with Crippen LogP contribution in [0.4, 0.5) is 0 Å². The Morgan fingerprint density at radius 2 is 1.87 bits per heavy atom. The normalized spacial score (nSPS) is 14.5. The molecule has 1 aliphatic rings. The highest BCUT2D eigenvalue weighted by Gasteiger charge is 2.19. The number of rotatable bonds is 1. The molecule has 2 rings (SSSR count). The van der Waals surface area contributed by atoms with Gasteiger partial charge in [0.15, 0.2) is 0 Å². The average molecular weight is 197 g/mol. The zero-order valence-corrected chi connectivity index (χ0v) is 8.06. The van der Waals surface area contributed by atoms with Gasteiger partial charge in [0.1, 0.15) is 0 Å². The molecule has 0 atom stereocenters. The lowest BCUT2D eigenvalue weighted by molar-refractivity contribution is -0.112. The van der Waals surface area contributed by atoms with E-state index in [1.807, 2.05) is 6.07 Å². The molecule has 1 amide bonds. The summed E-state index contributed by atoms with van der Waals surface area (Å²) in [4.78, 5) is 11.4. The Morgan fingerprint density at radius 1 is 1.20 bits per heavy atom. The Morgan fingerprint density at radius 3 is 2.33 bits per heavy atom. The van der Waals surface area contributed by atoms with Crippen molar-refractivity contribution in [2.45, 2.75) is 6.92 Å². The lowest BCUT2D eigenvalue weighted by Gasteiger charge is -1.99. The van der Waals surface area contributed by atoms with E-state index in [0.717, 1.165) is 5.56 Å². The predicted molar refractivity (Wildman–Crippen MR) is 53.6 cm³/mol. The van der Waals surface area contributed by atoms with E-state index in [-0.39, 0.29) is 5.91 Å². The number of carbonyl (C=O) groups is 1. The van der Waals surface area contributed by atoms with Gasteiger partial charge in [-0.3, -0.25) is 4.79 Å². The number of benzene rings is 1. The second-order valence-corrected chi connectivity index (χ2v) is 3.15. The fraction of sp³-hybridized carbons (Fsp3) is 0.0909. The monoisotopic (exact) mass is 197 g/mol. The van der Waals surface area contributed by atoms with Crippen molar-refractivity contribution in [1.82, 2.24) is 0 Å². The van der Waals surface area contributed by atoms with Crippen LogP contribution in [0.15, 0.2) is 40.2 Å². The average Bonchev–Trinajstić information content (AvgIpc) is 2.59. The van der Waals surface area contributed by atoms with Crippen LogP contribution in [-0.4, -0.2) is 5.91 Å². The van der Waals surface area contributed by atoms with E-state index in [2.05, 4.69) is 10.2 Å². The van der Waals surface area contributed by atoms with Gasteiger partial charge in [0.2, 0.25) is 0 Å². The van der Waals surface area contributed by atoms with Gasteiger partial charge in [-0.15, -0.1) is 5.11 Å². The minimum atomic E-state index is -0.322. The third-order valence-corrected chi connectivity index (χ3v) is 2.17. The van der Waals surface area contributed by atoms with Gasteiger partial charge >= 0.3 is 0 Å². The maximum atomic E-state index is 11.4. The molecule has 0 saturated carbocycles. The molecule has 0 aromatic heterocycles. The number of azo groups is 1. The molecule has 1 heterocycles. The van der Waals surface area contributed by atoms with Crippen LogP contribution in [0.2, 0.25) is 0 Å². The molecule has 0 aliphatic carbocycles. The first-order valence-electron chi connectivity index (χ1n) is 4.40. The Bertz CT molecular complexity index is 518. The first-order valence-corrected chi connectivity index (χ1v) is 4.40. The van der Waals surface area contributed by atoms with E-state index in [1.165, 1.54) is 0 Å². The number of allylic oxidation sites excluding steroid dienone is 1. The number of nitriles is 1. The van der Waals surface area contributed by atoms with Gasteiger partial charge in [-0.2, -0.15) is 10.4 Å². The number of hydrogen-bond donors (Lipinski definition) is 0. The summed E-state index contributed by atoms with van der Waals surface area (Å²) in [6.07, 6.45) is 0. The molecule has 0 N–H and O–H groups in total. The molecule has 0 spiro atoms. The fourth-order valence-corrected chi connectivity index (χ4v) is 1.42. The van der Waals surface area contributed by atoms with Crippen molar-refractivity contribution in [2.24, 2.45) is 10.2 Å². The summed E-state index contributed by atoms with van der Waals surface area (Å²) in [5.41, 5.74) is 2.45. The van der Waals surface area contributed by atoms with E-state index in [0.29, 0.717) is 16.8 Å². The highest BCUT2D eigenvalue weighted by Crippen LogP contribution is 2.26. The second kappa shape index (κ2) is 3.46. The molecule has 0 radical (unpaired) electrons. The van der Waals surface area contributed by atoms with Gasteiger partial charge in [0, 0.05) is 0 Å². The van der Waals surface area contributed by atoms with Crippen molar-refractivity contribution in [2.75, 3.05) is 0 Å². The van der Waals surface area contributed by atoms with Crippen LogP contribution in [-0.2, 0) is 4.79 Å². The first kappa shape index (κ1) is 9.28. The molecular formula is C11H7N3O. The molecule has 15 heavy (non-hydrogen) atoms.